The number of ether oxygens (including phenoxy) is 2. The van der Waals surface area contributed by atoms with Crippen molar-refractivity contribution in [1.82, 2.24) is 9.78 Å². The van der Waals surface area contributed by atoms with Crippen molar-refractivity contribution in [2.24, 2.45) is 0 Å². The largest absolute Gasteiger partial charge is 0.497 e. The van der Waals surface area contributed by atoms with Gasteiger partial charge in [-0.05, 0) is 48.5 Å². The predicted octanol–water partition coefficient (Wildman–Crippen LogP) is 4.85. The fraction of sp³-hybridized carbons (Fsp3) is 0.273. The van der Waals surface area contributed by atoms with E-state index >= 15 is 0 Å². The Hall–Kier alpha value is -2.99. The normalized spacial score (nSPS) is 11.2. The van der Waals surface area contributed by atoms with E-state index < -0.39 is 0 Å². The molecule has 0 fully saturated rings. The van der Waals surface area contributed by atoms with Gasteiger partial charge in [0.1, 0.15) is 17.3 Å². The lowest BCUT2D eigenvalue weighted by Crippen LogP contribution is -2.21. The molecule has 29 heavy (non-hydrogen) atoms. The van der Waals surface area contributed by atoms with Gasteiger partial charge in [0.05, 0.1) is 18.5 Å². The molecule has 152 valence electrons. The van der Waals surface area contributed by atoms with Crippen molar-refractivity contribution < 1.29 is 14.3 Å². The highest BCUT2D eigenvalue weighted by atomic mass is 35.5. The maximum atomic E-state index is 12.5. The minimum atomic E-state index is -0.282. The third kappa shape index (κ3) is 5.29. The molecule has 1 amide bonds. The van der Waals surface area contributed by atoms with Crippen LogP contribution >= 0.6 is 11.6 Å². The van der Waals surface area contributed by atoms with Crippen molar-refractivity contribution in [2.45, 2.75) is 26.2 Å². The molecule has 0 atom stereocenters. The van der Waals surface area contributed by atoms with Crippen LogP contribution in [0.3, 0.4) is 0 Å². The summed E-state index contributed by atoms with van der Waals surface area (Å²) in [6.45, 7) is 6.09. The van der Waals surface area contributed by atoms with Gasteiger partial charge in [0.2, 0.25) is 0 Å². The third-order valence-corrected chi connectivity index (χ3v) is 4.50. The SMILES string of the molecule is COc1ccc(-n2nc(C(C)(C)C)cc2NC(=O)COc2ccc(Cl)cc2)cc1. The van der Waals surface area contributed by atoms with Crippen molar-refractivity contribution in [1.29, 1.82) is 0 Å². The fourth-order valence-electron chi connectivity index (χ4n) is 2.62. The van der Waals surface area contributed by atoms with Crippen LogP contribution in [0.15, 0.2) is 54.6 Å². The molecular formula is C22H24ClN3O3. The molecule has 2 aromatic carbocycles. The van der Waals surface area contributed by atoms with Crippen LogP contribution in [0, 0.1) is 0 Å². The van der Waals surface area contributed by atoms with Crippen LogP contribution in [-0.2, 0) is 10.2 Å². The molecular weight excluding hydrogens is 390 g/mol. The Kier molecular flexibility index (Phi) is 6.13. The molecule has 1 heterocycles. The molecule has 3 rings (SSSR count). The van der Waals surface area contributed by atoms with Gasteiger partial charge in [-0.1, -0.05) is 32.4 Å². The molecule has 0 bridgehead atoms. The fourth-order valence-corrected chi connectivity index (χ4v) is 2.74. The zero-order chi connectivity index (χ0) is 21.0. The first-order valence-corrected chi connectivity index (χ1v) is 9.57. The summed E-state index contributed by atoms with van der Waals surface area (Å²) in [6, 6.07) is 16.2. The summed E-state index contributed by atoms with van der Waals surface area (Å²) in [6.07, 6.45) is 0. The zero-order valence-electron chi connectivity index (χ0n) is 16.9. The number of carbonyl (C=O) groups excluding carboxylic acids is 1. The number of nitrogens with zero attached hydrogens (tertiary/aromatic N) is 2. The number of amides is 1. The first-order chi connectivity index (χ1) is 13.8. The molecule has 0 aliphatic carbocycles. The molecule has 0 unspecified atom stereocenters. The minimum Gasteiger partial charge on any atom is -0.497 e. The molecule has 0 radical (unpaired) electrons. The van der Waals surface area contributed by atoms with Crippen LogP contribution < -0.4 is 14.8 Å². The predicted molar refractivity (Wildman–Crippen MR) is 114 cm³/mol. The van der Waals surface area contributed by atoms with Crippen LogP contribution in [0.25, 0.3) is 5.69 Å². The molecule has 0 saturated heterocycles. The highest BCUT2D eigenvalue weighted by Crippen LogP contribution is 2.27. The van der Waals surface area contributed by atoms with Gasteiger partial charge in [0, 0.05) is 16.5 Å². The summed E-state index contributed by atoms with van der Waals surface area (Å²) in [4.78, 5) is 12.5. The van der Waals surface area contributed by atoms with Crippen molar-refractivity contribution in [2.75, 3.05) is 19.0 Å². The van der Waals surface area contributed by atoms with E-state index in [-0.39, 0.29) is 17.9 Å². The van der Waals surface area contributed by atoms with E-state index in [9.17, 15) is 4.79 Å². The Morgan fingerprint density at radius 1 is 1.07 bits per heavy atom. The third-order valence-electron chi connectivity index (χ3n) is 4.25. The summed E-state index contributed by atoms with van der Waals surface area (Å²) in [5, 5.41) is 8.20. The number of nitrogens with one attached hydrogen (secondary N) is 1. The van der Waals surface area contributed by atoms with Gasteiger partial charge in [-0.3, -0.25) is 4.79 Å². The lowest BCUT2D eigenvalue weighted by atomic mass is 9.92. The Balaban J connectivity index is 1.79. The van der Waals surface area contributed by atoms with E-state index in [1.807, 2.05) is 30.3 Å². The van der Waals surface area contributed by atoms with Gasteiger partial charge >= 0.3 is 0 Å². The summed E-state index contributed by atoms with van der Waals surface area (Å²) >= 11 is 5.86. The molecule has 1 aromatic heterocycles. The van der Waals surface area contributed by atoms with Crippen LogP contribution in [-0.4, -0.2) is 29.4 Å². The van der Waals surface area contributed by atoms with E-state index in [0.29, 0.717) is 16.6 Å². The van der Waals surface area contributed by atoms with E-state index in [0.717, 1.165) is 17.1 Å². The average Bonchev–Trinajstić information content (AvgIpc) is 3.12. The van der Waals surface area contributed by atoms with Gasteiger partial charge < -0.3 is 14.8 Å². The van der Waals surface area contributed by atoms with Crippen molar-refractivity contribution in [3.05, 3.63) is 65.3 Å². The Morgan fingerprint density at radius 3 is 2.28 bits per heavy atom. The van der Waals surface area contributed by atoms with Crippen LogP contribution in [0.5, 0.6) is 11.5 Å². The van der Waals surface area contributed by atoms with Crippen LogP contribution in [0.2, 0.25) is 5.02 Å². The van der Waals surface area contributed by atoms with Gasteiger partial charge in [0.15, 0.2) is 6.61 Å². The van der Waals surface area contributed by atoms with Crippen molar-refractivity contribution >= 4 is 23.3 Å². The van der Waals surface area contributed by atoms with Gasteiger partial charge in [-0.2, -0.15) is 5.10 Å². The second-order valence-corrected chi connectivity index (χ2v) is 8.00. The number of methoxy groups -OCH3 is 1. The summed E-state index contributed by atoms with van der Waals surface area (Å²) in [7, 11) is 1.62. The molecule has 0 saturated carbocycles. The second kappa shape index (κ2) is 8.57. The van der Waals surface area contributed by atoms with Crippen molar-refractivity contribution in [3.8, 4) is 17.2 Å². The van der Waals surface area contributed by atoms with Crippen LogP contribution in [0.4, 0.5) is 5.82 Å². The monoisotopic (exact) mass is 413 g/mol. The molecule has 0 spiro atoms. The molecule has 6 nitrogen and oxygen atoms in total. The minimum absolute atomic E-state index is 0.125. The smallest absolute Gasteiger partial charge is 0.263 e. The second-order valence-electron chi connectivity index (χ2n) is 7.57. The van der Waals surface area contributed by atoms with Gasteiger partial charge in [-0.15, -0.1) is 0 Å². The molecule has 1 N–H and O–H groups in total. The maximum Gasteiger partial charge on any atom is 0.263 e. The first kappa shape index (κ1) is 20.7. The lowest BCUT2D eigenvalue weighted by molar-refractivity contribution is -0.118. The number of benzene rings is 2. The van der Waals surface area contributed by atoms with E-state index in [2.05, 4.69) is 26.1 Å². The first-order valence-electron chi connectivity index (χ1n) is 9.19. The van der Waals surface area contributed by atoms with E-state index in [1.54, 1.807) is 36.1 Å². The topological polar surface area (TPSA) is 65.4 Å². The van der Waals surface area contributed by atoms with E-state index in [4.69, 9.17) is 26.2 Å². The van der Waals surface area contributed by atoms with E-state index in [1.165, 1.54) is 0 Å². The Morgan fingerprint density at radius 2 is 1.69 bits per heavy atom. The van der Waals surface area contributed by atoms with Gasteiger partial charge in [0.25, 0.3) is 5.91 Å². The molecule has 0 aliphatic rings. The summed E-state index contributed by atoms with van der Waals surface area (Å²) in [5.74, 6) is 1.61. The quantitative estimate of drug-likeness (QED) is 0.627. The number of hydrogen-bond acceptors (Lipinski definition) is 4. The number of anilines is 1. The number of aromatic nitrogens is 2. The molecule has 3 aromatic rings. The average molecular weight is 414 g/mol. The lowest BCUT2D eigenvalue weighted by Gasteiger charge is -2.14. The zero-order valence-corrected chi connectivity index (χ0v) is 17.7. The summed E-state index contributed by atoms with van der Waals surface area (Å²) < 4.78 is 12.5. The standard InChI is InChI=1S/C22H24ClN3O3/c1-22(2,3)19-13-20(26(25-19)16-7-11-17(28-4)12-8-16)24-21(27)14-29-18-9-5-15(23)6-10-18/h5-13H,14H2,1-4H3,(H,24,27). The number of hydrogen-bond donors (Lipinski definition) is 1. The Bertz CT molecular complexity index is 974. The molecule has 0 aliphatic heterocycles. The summed E-state index contributed by atoms with van der Waals surface area (Å²) in [5.41, 5.74) is 1.51. The number of rotatable bonds is 6. The Labute approximate surface area is 175 Å². The molecule has 7 heteroatoms. The number of carbonyl (C=O) groups is 1. The number of halogens is 1. The van der Waals surface area contributed by atoms with Crippen LogP contribution in [0.1, 0.15) is 26.5 Å². The highest BCUT2D eigenvalue weighted by Gasteiger charge is 2.21. The van der Waals surface area contributed by atoms with Gasteiger partial charge in [-0.25, -0.2) is 4.68 Å². The maximum absolute atomic E-state index is 12.5. The van der Waals surface area contributed by atoms with Crippen molar-refractivity contribution in [3.63, 3.8) is 0 Å². The highest BCUT2D eigenvalue weighted by molar-refractivity contribution is 6.30.